The number of benzene rings is 2. The quantitative estimate of drug-likeness (QED) is 0.318. The van der Waals surface area contributed by atoms with Gasteiger partial charge in [0.05, 0.1) is 43.5 Å². The number of aryl methyl sites for hydroxylation is 1. The summed E-state index contributed by atoms with van der Waals surface area (Å²) < 4.78 is 59.7. The van der Waals surface area contributed by atoms with Crippen molar-refractivity contribution < 1.29 is 27.4 Å². The molecule has 1 fully saturated rings. The molecule has 35 heavy (non-hydrogen) atoms. The topological polar surface area (TPSA) is 65.5 Å². The molecule has 1 heterocycles. The molecule has 0 spiro atoms. The number of anilines is 1. The number of halogens is 3. The number of ether oxygens (including phenoxy) is 3. The monoisotopic (exact) mass is 489 g/mol. The molecule has 1 N–H and O–H groups in total. The minimum absolute atomic E-state index is 0.120. The van der Waals surface area contributed by atoms with Gasteiger partial charge in [-0.2, -0.15) is 0 Å². The first-order chi connectivity index (χ1) is 16.7. The van der Waals surface area contributed by atoms with Crippen LogP contribution in [0.15, 0.2) is 30.3 Å². The van der Waals surface area contributed by atoms with Gasteiger partial charge in [-0.25, -0.2) is 23.1 Å². The Morgan fingerprint density at radius 3 is 2.60 bits per heavy atom. The first-order valence-corrected chi connectivity index (χ1v) is 11.7. The fraction of sp³-hybridized carbons (Fsp3) is 0.462. The average Bonchev–Trinajstić information content (AvgIpc) is 3.62. The lowest BCUT2D eigenvalue weighted by atomic mass is 10.0. The molecule has 0 unspecified atom stereocenters. The molecule has 1 aliphatic rings. The van der Waals surface area contributed by atoms with Gasteiger partial charge in [0.25, 0.3) is 5.92 Å². The van der Waals surface area contributed by atoms with Crippen molar-refractivity contribution in [1.82, 2.24) is 9.97 Å². The predicted molar refractivity (Wildman–Crippen MR) is 128 cm³/mol. The van der Waals surface area contributed by atoms with E-state index in [4.69, 9.17) is 14.2 Å². The maximum atomic E-state index is 14.9. The highest BCUT2D eigenvalue weighted by Crippen LogP contribution is 2.37. The lowest BCUT2D eigenvalue weighted by Crippen LogP contribution is -2.16. The Hall–Kier alpha value is -3.07. The Morgan fingerprint density at radius 1 is 1.14 bits per heavy atom. The third kappa shape index (κ3) is 5.96. The van der Waals surface area contributed by atoms with Gasteiger partial charge in [-0.15, -0.1) is 0 Å². The number of hydrogen-bond donors (Lipinski definition) is 1. The first-order valence-electron chi connectivity index (χ1n) is 11.7. The van der Waals surface area contributed by atoms with Gasteiger partial charge < -0.3 is 19.5 Å². The molecule has 2 aromatic carbocycles. The summed E-state index contributed by atoms with van der Waals surface area (Å²) in [4.78, 5) is 8.98. The zero-order valence-electron chi connectivity index (χ0n) is 20.3. The van der Waals surface area contributed by atoms with Gasteiger partial charge in [-0.05, 0) is 32.8 Å². The third-order valence-electron chi connectivity index (χ3n) is 5.84. The van der Waals surface area contributed by atoms with Crippen molar-refractivity contribution in [2.45, 2.75) is 58.1 Å². The van der Waals surface area contributed by atoms with Gasteiger partial charge in [-0.3, -0.25) is 0 Å². The molecule has 1 saturated carbocycles. The minimum Gasteiger partial charge on any atom is -0.493 e. The smallest absolute Gasteiger partial charge is 0.273 e. The molecule has 188 valence electrons. The molecular weight excluding hydrogens is 459 g/mol. The minimum atomic E-state index is -3.29. The van der Waals surface area contributed by atoms with Gasteiger partial charge in [0.2, 0.25) is 0 Å². The zero-order valence-corrected chi connectivity index (χ0v) is 20.3. The summed E-state index contributed by atoms with van der Waals surface area (Å²) in [7, 11) is 1.55. The van der Waals surface area contributed by atoms with Crippen molar-refractivity contribution in [1.29, 1.82) is 0 Å². The number of fused-ring (bicyclic) bond motifs is 1. The molecule has 1 atom stereocenters. The van der Waals surface area contributed by atoms with Gasteiger partial charge in [-0.1, -0.05) is 18.2 Å². The van der Waals surface area contributed by atoms with Crippen LogP contribution in [0.4, 0.5) is 19.0 Å². The normalized spacial score (nSPS) is 14.7. The second-order valence-corrected chi connectivity index (χ2v) is 8.87. The molecule has 0 aliphatic heterocycles. The Kier molecular flexibility index (Phi) is 7.35. The van der Waals surface area contributed by atoms with E-state index in [1.165, 1.54) is 12.1 Å². The maximum absolute atomic E-state index is 14.9. The number of nitrogens with zero attached hydrogens (tertiary/aromatic N) is 2. The first kappa shape index (κ1) is 25.0. The molecule has 0 amide bonds. The number of hydrogen-bond acceptors (Lipinski definition) is 6. The van der Waals surface area contributed by atoms with Gasteiger partial charge in [0.15, 0.2) is 11.5 Å². The van der Waals surface area contributed by atoms with Crippen LogP contribution in [0.2, 0.25) is 0 Å². The Morgan fingerprint density at radius 2 is 1.91 bits per heavy atom. The van der Waals surface area contributed by atoms with E-state index in [0.717, 1.165) is 25.3 Å². The van der Waals surface area contributed by atoms with Crippen molar-refractivity contribution in [2.24, 2.45) is 0 Å². The summed E-state index contributed by atoms with van der Waals surface area (Å²) in [5.41, 5.74) is 0.0929. The van der Waals surface area contributed by atoms with Crippen LogP contribution in [0, 0.1) is 12.7 Å². The van der Waals surface area contributed by atoms with Crippen LogP contribution in [0.5, 0.6) is 11.5 Å². The van der Waals surface area contributed by atoms with Crippen molar-refractivity contribution in [2.75, 3.05) is 25.6 Å². The van der Waals surface area contributed by atoms with E-state index in [-0.39, 0.29) is 5.56 Å². The van der Waals surface area contributed by atoms with E-state index < -0.39 is 23.3 Å². The molecular formula is C26H30F3N3O3. The lowest BCUT2D eigenvalue weighted by molar-refractivity contribution is 0.0136. The van der Waals surface area contributed by atoms with E-state index in [1.54, 1.807) is 33.1 Å². The molecule has 9 heteroatoms. The highest BCUT2D eigenvalue weighted by atomic mass is 19.3. The molecule has 4 rings (SSSR count). The van der Waals surface area contributed by atoms with E-state index in [0.29, 0.717) is 60.3 Å². The number of aromatic nitrogens is 2. The standard InChI is InChI=1S/C26H30F3N3O3/c1-15(18-7-5-8-20(24(18)27)26(3,28)29)30-25-19-13-23(35-12-6-11-34-17-9-10-17)22(33-4)14-21(19)31-16(2)32-25/h5,7-8,13-15,17H,6,9-12H2,1-4H3,(H,30,31,32)/t15-/m1/s1. The number of methoxy groups -OCH3 is 1. The van der Waals surface area contributed by atoms with E-state index >= 15 is 0 Å². The lowest BCUT2D eigenvalue weighted by Gasteiger charge is -2.21. The van der Waals surface area contributed by atoms with Crippen molar-refractivity contribution in [3.63, 3.8) is 0 Å². The number of alkyl halides is 2. The van der Waals surface area contributed by atoms with E-state index in [1.807, 2.05) is 0 Å². The zero-order chi connectivity index (χ0) is 25.2. The molecule has 0 radical (unpaired) electrons. The van der Waals surface area contributed by atoms with Crippen molar-refractivity contribution in [3.05, 3.63) is 53.1 Å². The number of nitrogens with one attached hydrogen (secondary N) is 1. The largest absolute Gasteiger partial charge is 0.493 e. The summed E-state index contributed by atoms with van der Waals surface area (Å²) in [6.07, 6.45) is 3.39. The SMILES string of the molecule is COc1cc2nc(C)nc(N[C@H](C)c3cccc(C(C)(F)F)c3F)c2cc1OCCCOC1CC1. The van der Waals surface area contributed by atoms with Gasteiger partial charge in [0, 0.05) is 30.4 Å². The van der Waals surface area contributed by atoms with Crippen LogP contribution in [0.1, 0.15) is 56.1 Å². The highest BCUT2D eigenvalue weighted by Gasteiger charge is 2.30. The third-order valence-corrected chi connectivity index (χ3v) is 5.84. The Balaban J connectivity index is 1.60. The molecule has 0 saturated heterocycles. The van der Waals surface area contributed by atoms with Crippen LogP contribution in [-0.4, -0.2) is 36.4 Å². The molecule has 3 aromatic rings. The molecule has 1 aromatic heterocycles. The van der Waals surface area contributed by atoms with Gasteiger partial charge in [0.1, 0.15) is 17.5 Å². The average molecular weight is 490 g/mol. The summed E-state index contributed by atoms with van der Waals surface area (Å²) >= 11 is 0. The van der Waals surface area contributed by atoms with Crippen molar-refractivity contribution >= 4 is 16.7 Å². The highest BCUT2D eigenvalue weighted by molar-refractivity contribution is 5.92. The van der Waals surface area contributed by atoms with E-state index in [2.05, 4.69) is 15.3 Å². The second-order valence-electron chi connectivity index (χ2n) is 8.87. The second kappa shape index (κ2) is 10.3. The van der Waals surface area contributed by atoms with Crippen molar-refractivity contribution in [3.8, 4) is 11.5 Å². The summed E-state index contributed by atoms with van der Waals surface area (Å²) in [5.74, 6) is -2.24. The maximum Gasteiger partial charge on any atom is 0.273 e. The number of rotatable bonds is 11. The summed E-state index contributed by atoms with van der Waals surface area (Å²) in [5, 5.41) is 3.81. The van der Waals surface area contributed by atoms with Crippen LogP contribution in [-0.2, 0) is 10.7 Å². The molecule has 1 aliphatic carbocycles. The van der Waals surface area contributed by atoms with Crippen LogP contribution < -0.4 is 14.8 Å². The van der Waals surface area contributed by atoms with E-state index in [9.17, 15) is 13.2 Å². The molecule has 0 bridgehead atoms. The summed E-state index contributed by atoms with van der Waals surface area (Å²) in [6, 6.07) is 6.91. The Bertz CT molecular complexity index is 1200. The fourth-order valence-corrected chi connectivity index (χ4v) is 3.87. The Labute approximate surface area is 202 Å². The summed E-state index contributed by atoms with van der Waals surface area (Å²) in [6.45, 7) is 5.20. The van der Waals surface area contributed by atoms with Crippen LogP contribution in [0.3, 0.4) is 0 Å². The van der Waals surface area contributed by atoms with Gasteiger partial charge >= 0.3 is 0 Å². The fourth-order valence-electron chi connectivity index (χ4n) is 3.87. The molecule has 6 nitrogen and oxygen atoms in total. The predicted octanol–water partition coefficient (Wildman–Crippen LogP) is 6.32. The van der Waals surface area contributed by atoms with Crippen LogP contribution >= 0.6 is 0 Å². The van der Waals surface area contributed by atoms with Crippen LogP contribution in [0.25, 0.3) is 10.9 Å².